The second-order valence-electron chi connectivity index (χ2n) is 3.04. The van der Waals surface area contributed by atoms with Crippen LogP contribution in [0.3, 0.4) is 0 Å². The number of hydrogen-bond acceptors (Lipinski definition) is 3. The minimum absolute atomic E-state index is 0.875. The van der Waals surface area contributed by atoms with Crippen molar-refractivity contribution >= 4 is 11.5 Å². The number of aromatic nitrogens is 2. The van der Waals surface area contributed by atoms with Crippen LogP contribution >= 0.6 is 0 Å². The lowest BCUT2D eigenvalue weighted by Gasteiger charge is -2.06. The van der Waals surface area contributed by atoms with E-state index in [1.165, 1.54) is 0 Å². The Balaban J connectivity index is 2.24. The minimum Gasteiger partial charge on any atom is -0.339 e. The monoisotopic (exact) mass is 185 g/mol. The smallest absolute Gasteiger partial charge is 0.133 e. The number of nitrogens with zero attached hydrogens (tertiary/aromatic N) is 2. The Bertz CT molecular complexity index is 412. The first-order valence-corrected chi connectivity index (χ1v) is 4.45. The third-order valence-corrected chi connectivity index (χ3v) is 1.93. The fraction of sp³-hybridized carbons (Fsp3) is 0.0909. The number of pyridine rings is 2. The number of anilines is 2. The molecular formula is C11H11N3. The average Bonchev–Trinajstić information content (AvgIpc) is 2.23. The molecule has 14 heavy (non-hydrogen) atoms. The van der Waals surface area contributed by atoms with E-state index in [0.29, 0.717) is 0 Å². The lowest BCUT2D eigenvalue weighted by molar-refractivity contribution is 1.24. The van der Waals surface area contributed by atoms with E-state index in [2.05, 4.69) is 15.3 Å². The van der Waals surface area contributed by atoms with Crippen LogP contribution in [0.4, 0.5) is 11.5 Å². The molecule has 0 aliphatic rings. The molecule has 2 aromatic rings. The molecule has 0 bridgehead atoms. The minimum atomic E-state index is 0.875. The molecule has 0 saturated carbocycles. The standard InChI is InChI=1S/C11H11N3/c1-9-4-2-7-13-11(9)14-10-5-3-6-12-8-10/h2-8H,1H3,(H,13,14). The predicted octanol–water partition coefficient (Wildman–Crippen LogP) is 2.53. The molecule has 0 aliphatic heterocycles. The summed E-state index contributed by atoms with van der Waals surface area (Å²) >= 11 is 0. The molecule has 3 heteroatoms. The van der Waals surface area contributed by atoms with Crippen molar-refractivity contribution in [2.45, 2.75) is 6.92 Å². The van der Waals surface area contributed by atoms with Crippen molar-refractivity contribution in [2.24, 2.45) is 0 Å². The molecule has 0 aromatic carbocycles. The van der Waals surface area contributed by atoms with Crippen LogP contribution in [0.25, 0.3) is 0 Å². The third kappa shape index (κ3) is 1.88. The number of nitrogens with one attached hydrogen (secondary N) is 1. The van der Waals surface area contributed by atoms with Gasteiger partial charge in [0.15, 0.2) is 0 Å². The number of rotatable bonds is 2. The summed E-state index contributed by atoms with van der Waals surface area (Å²) in [7, 11) is 0. The summed E-state index contributed by atoms with van der Waals surface area (Å²) in [6, 6.07) is 7.79. The first-order chi connectivity index (χ1) is 6.86. The molecule has 1 N–H and O–H groups in total. The van der Waals surface area contributed by atoms with E-state index in [0.717, 1.165) is 17.1 Å². The molecule has 0 unspecified atom stereocenters. The average molecular weight is 185 g/mol. The Labute approximate surface area is 82.8 Å². The fourth-order valence-corrected chi connectivity index (χ4v) is 1.19. The van der Waals surface area contributed by atoms with Gasteiger partial charge in [-0.25, -0.2) is 4.98 Å². The number of hydrogen-bond donors (Lipinski definition) is 1. The van der Waals surface area contributed by atoms with E-state index in [1.807, 2.05) is 31.2 Å². The van der Waals surface area contributed by atoms with Crippen LogP contribution in [-0.4, -0.2) is 9.97 Å². The molecule has 2 heterocycles. The molecule has 0 aliphatic carbocycles. The third-order valence-electron chi connectivity index (χ3n) is 1.93. The molecule has 2 aromatic heterocycles. The largest absolute Gasteiger partial charge is 0.339 e. The molecular weight excluding hydrogens is 174 g/mol. The van der Waals surface area contributed by atoms with E-state index in [-0.39, 0.29) is 0 Å². The summed E-state index contributed by atoms with van der Waals surface area (Å²) in [5.74, 6) is 0.875. The fourth-order valence-electron chi connectivity index (χ4n) is 1.19. The summed E-state index contributed by atoms with van der Waals surface area (Å²) in [6.07, 6.45) is 5.29. The second kappa shape index (κ2) is 3.87. The Morgan fingerprint density at radius 1 is 1.14 bits per heavy atom. The highest BCUT2D eigenvalue weighted by molar-refractivity contribution is 5.57. The van der Waals surface area contributed by atoms with Crippen LogP contribution in [0.15, 0.2) is 42.9 Å². The zero-order valence-electron chi connectivity index (χ0n) is 7.94. The first-order valence-electron chi connectivity index (χ1n) is 4.45. The van der Waals surface area contributed by atoms with Crippen LogP contribution in [0, 0.1) is 6.92 Å². The molecule has 0 fully saturated rings. The highest BCUT2D eigenvalue weighted by atomic mass is 15.0. The summed E-state index contributed by atoms with van der Waals surface area (Å²) in [6.45, 7) is 2.02. The van der Waals surface area contributed by atoms with Gasteiger partial charge in [-0.2, -0.15) is 0 Å². The predicted molar refractivity (Wildman–Crippen MR) is 56.5 cm³/mol. The Hall–Kier alpha value is -1.90. The number of aryl methyl sites for hydroxylation is 1. The summed E-state index contributed by atoms with van der Waals surface area (Å²) < 4.78 is 0. The van der Waals surface area contributed by atoms with Gasteiger partial charge in [0, 0.05) is 12.4 Å². The van der Waals surface area contributed by atoms with Gasteiger partial charge < -0.3 is 5.32 Å². The first kappa shape index (κ1) is 8.69. The van der Waals surface area contributed by atoms with Crippen molar-refractivity contribution in [3.05, 3.63) is 48.4 Å². The van der Waals surface area contributed by atoms with Crippen LogP contribution in [0.2, 0.25) is 0 Å². The van der Waals surface area contributed by atoms with Gasteiger partial charge in [-0.1, -0.05) is 6.07 Å². The normalized spacial score (nSPS) is 9.79. The van der Waals surface area contributed by atoms with Crippen LogP contribution in [0.5, 0.6) is 0 Å². The van der Waals surface area contributed by atoms with Crippen LogP contribution in [0.1, 0.15) is 5.56 Å². The van der Waals surface area contributed by atoms with Gasteiger partial charge in [0.2, 0.25) is 0 Å². The summed E-state index contributed by atoms with van der Waals surface area (Å²) in [4.78, 5) is 8.25. The molecule has 0 saturated heterocycles. The van der Waals surface area contributed by atoms with E-state index in [4.69, 9.17) is 0 Å². The van der Waals surface area contributed by atoms with E-state index in [1.54, 1.807) is 18.6 Å². The lowest BCUT2D eigenvalue weighted by atomic mass is 10.3. The van der Waals surface area contributed by atoms with Crippen molar-refractivity contribution in [1.29, 1.82) is 0 Å². The van der Waals surface area contributed by atoms with Crippen molar-refractivity contribution in [2.75, 3.05) is 5.32 Å². The zero-order chi connectivity index (χ0) is 9.80. The zero-order valence-corrected chi connectivity index (χ0v) is 7.94. The quantitative estimate of drug-likeness (QED) is 0.781. The molecule has 0 radical (unpaired) electrons. The highest BCUT2D eigenvalue weighted by Gasteiger charge is 1.97. The van der Waals surface area contributed by atoms with Crippen molar-refractivity contribution in [3.63, 3.8) is 0 Å². The van der Waals surface area contributed by atoms with Crippen LogP contribution in [-0.2, 0) is 0 Å². The Morgan fingerprint density at radius 2 is 2.00 bits per heavy atom. The van der Waals surface area contributed by atoms with Gasteiger partial charge in [0.1, 0.15) is 5.82 Å². The van der Waals surface area contributed by atoms with E-state index >= 15 is 0 Å². The van der Waals surface area contributed by atoms with Gasteiger partial charge in [-0.15, -0.1) is 0 Å². The molecule has 0 amide bonds. The summed E-state index contributed by atoms with van der Waals surface area (Å²) in [5, 5.41) is 3.20. The topological polar surface area (TPSA) is 37.8 Å². The van der Waals surface area contributed by atoms with Gasteiger partial charge >= 0.3 is 0 Å². The molecule has 0 atom stereocenters. The van der Waals surface area contributed by atoms with Gasteiger partial charge in [0.05, 0.1) is 11.9 Å². The molecule has 3 nitrogen and oxygen atoms in total. The van der Waals surface area contributed by atoms with Crippen molar-refractivity contribution < 1.29 is 0 Å². The van der Waals surface area contributed by atoms with Gasteiger partial charge in [-0.05, 0) is 30.7 Å². The Morgan fingerprint density at radius 3 is 2.71 bits per heavy atom. The molecule has 0 spiro atoms. The Kier molecular flexibility index (Phi) is 2.40. The SMILES string of the molecule is Cc1cccnc1Nc1cccnc1. The summed E-state index contributed by atoms with van der Waals surface area (Å²) in [5.41, 5.74) is 2.07. The lowest BCUT2D eigenvalue weighted by Crippen LogP contribution is -1.95. The van der Waals surface area contributed by atoms with Crippen molar-refractivity contribution in [3.8, 4) is 0 Å². The molecule has 70 valence electrons. The van der Waals surface area contributed by atoms with E-state index < -0.39 is 0 Å². The van der Waals surface area contributed by atoms with Gasteiger partial charge in [-0.3, -0.25) is 4.98 Å². The van der Waals surface area contributed by atoms with Gasteiger partial charge in [0.25, 0.3) is 0 Å². The van der Waals surface area contributed by atoms with E-state index in [9.17, 15) is 0 Å². The van der Waals surface area contributed by atoms with Crippen molar-refractivity contribution in [1.82, 2.24) is 9.97 Å². The maximum atomic E-state index is 4.23. The van der Waals surface area contributed by atoms with Crippen LogP contribution < -0.4 is 5.32 Å². The second-order valence-corrected chi connectivity index (χ2v) is 3.04. The maximum absolute atomic E-state index is 4.23. The highest BCUT2D eigenvalue weighted by Crippen LogP contribution is 2.15. The molecule has 2 rings (SSSR count). The maximum Gasteiger partial charge on any atom is 0.133 e.